The summed E-state index contributed by atoms with van der Waals surface area (Å²) in [6.07, 6.45) is 2.67. The zero-order valence-electron chi connectivity index (χ0n) is 12.9. The predicted molar refractivity (Wildman–Crippen MR) is 91.9 cm³/mol. The highest BCUT2D eigenvalue weighted by Crippen LogP contribution is 2.33. The van der Waals surface area contributed by atoms with Gasteiger partial charge in [0, 0.05) is 30.9 Å². The molecular weight excluding hydrogens is 276 g/mol. The smallest absolute Gasteiger partial charge is 0.0440 e. The van der Waals surface area contributed by atoms with Crippen LogP contribution in [-0.4, -0.2) is 12.1 Å². The van der Waals surface area contributed by atoms with Gasteiger partial charge in [-0.25, -0.2) is 0 Å². The van der Waals surface area contributed by atoms with E-state index >= 15 is 0 Å². The monoisotopic (exact) mass is 300 g/mol. The Morgan fingerprint density at radius 1 is 1.14 bits per heavy atom. The van der Waals surface area contributed by atoms with Gasteiger partial charge in [-0.3, -0.25) is 0 Å². The first kappa shape index (κ1) is 14.6. The Balaban J connectivity index is 1.68. The number of anilines is 1. The van der Waals surface area contributed by atoms with E-state index in [0.717, 1.165) is 19.1 Å². The normalized spacial score (nSPS) is 14.6. The van der Waals surface area contributed by atoms with Crippen LogP contribution in [0.2, 0.25) is 0 Å². The lowest BCUT2D eigenvalue weighted by atomic mass is 10.1. The highest BCUT2D eigenvalue weighted by atomic mass is 32.1. The van der Waals surface area contributed by atoms with E-state index in [2.05, 4.69) is 65.2 Å². The fourth-order valence-corrected chi connectivity index (χ4v) is 3.18. The molecule has 112 valence electrons. The van der Waals surface area contributed by atoms with Crippen LogP contribution in [-0.2, 0) is 13.1 Å². The van der Waals surface area contributed by atoms with Crippen LogP contribution < -0.4 is 10.2 Å². The predicted octanol–water partition coefficient (Wildman–Crippen LogP) is 4.42. The summed E-state index contributed by atoms with van der Waals surface area (Å²) in [4.78, 5) is 2.56. The molecule has 1 heterocycles. The Kier molecular flexibility index (Phi) is 4.61. The number of thiophene rings is 1. The van der Waals surface area contributed by atoms with E-state index in [0.29, 0.717) is 6.04 Å². The minimum Gasteiger partial charge on any atom is -0.364 e. The maximum absolute atomic E-state index is 3.47. The van der Waals surface area contributed by atoms with Crippen LogP contribution in [0.3, 0.4) is 0 Å². The molecule has 1 aliphatic carbocycles. The molecule has 3 rings (SSSR count). The first-order valence-corrected chi connectivity index (χ1v) is 8.76. The summed E-state index contributed by atoms with van der Waals surface area (Å²) < 4.78 is 0. The molecule has 21 heavy (non-hydrogen) atoms. The summed E-state index contributed by atoms with van der Waals surface area (Å²) >= 11 is 1.79. The Bertz CT molecular complexity index is 541. The summed E-state index contributed by atoms with van der Waals surface area (Å²) in [5, 5.41) is 7.90. The lowest BCUT2D eigenvalue weighted by Crippen LogP contribution is -2.25. The molecule has 0 saturated heterocycles. The van der Waals surface area contributed by atoms with Gasteiger partial charge in [0.2, 0.25) is 0 Å². The van der Waals surface area contributed by atoms with E-state index in [1.807, 2.05) is 0 Å². The molecule has 0 radical (unpaired) electrons. The molecule has 1 N–H and O–H groups in total. The van der Waals surface area contributed by atoms with Gasteiger partial charge in [-0.15, -0.1) is 0 Å². The van der Waals surface area contributed by atoms with Crippen molar-refractivity contribution in [2.24, 2.45) is 0 Å². The summed E-state index contributed by atoms with van der Waals surface area (Å²) in [5.41, 5.74) is 4.15. The zero-order chi connectivity index (χ0) is 14.7. The summed E-state index contributed by atoms with van der Waals surface area (Å²) in [5.74, 6) is 0. The van der Waals surface area contributed by atoms with E-state index in [1.54, 1.807) is 11.3 Å². The van der Waals surface area contributed by atoms with Gasteiger partial charge in [-0.05, 0) is 52.9 Å². The molecule has 1 saturated carbocycles. The fourth-order valence-electron chi connectivity index (χ4n) is 2.52. The molecule has 0 unspecified atom stereocenters. The van der Waals surface area contributed by atoms with Crippen molar-refractivity contribution < 1.29 is 0 Å². The SMILES string of the molecule is CC(C)NCc1ccc(N(Cc2ccsc2)C2CC2)cc1. The van der Waals surface area contributed by atoms with Crippen LogP contribution in [0, 0.1) is 0 Å². The number of hydrogen-bond donors (Lipinski definition) is 1. The lowest BCUT2D eigenvalue weighted by molar-refractivity contribution is 0.589. The first-order valence-electron chi connectivity index (χ1n) is 7.82. The van der Waals surface area contributed by atoms with Crippen molar-refractivity contribution >= 4 is 17.0 Å². The third-order valence-electron chi connectivity index (χ3n) is 3.90. The third kappa shape index (κ3) is 4.08. The van der Waals surface area contributed by atoms with Gasteiger partial charge >= 0.3 is 0 Å². The second kappa shape index (κ2) is 6.63. The molecule has 0 atom stereocenters. The molecule has 1 aliphatic rings. The molecule has 0 bridgehead atoms. The van der Waals surface area contributed by atoms with Crippen LogP contribution in [0.25, 0.3) is 0 Å². The number of rotatable bonds is 7. The standard InChI is InChI=1S/C18H24N2S/c1-14(2)19-11-15-3-5-17(6-4-15)20(18-7-8-18)12-16-9-10-21-13-16/h3-6,9-10,13-14,18-19H,7-8,11-12H2,1-2H3. The molecule has 3 heteroatoms. The minimum absolute atomic E-state index is 0.534. The van der Waals surface area contributed by atoms with Crippen LogP contribution in [0.4, 0.5) is 5.69 Å². The second-order valence-electron chi connectivity index (χ2n) is 6.19. The third-order valence-corrected chi connectivity index (χ3v) is 4.64. The quantitative estimate of drug-likeness (QED) is 0.814. The minimum atomic E-state index is 0.534. The first-order chi connectivity index (χ1) is 10.2. The Hall–Kier alpha value is -1.32. The zero-order valence-corrected chi connectivity index (χ0v) is 13.7. The molecule has 1 fully saturated rings. The van der Waals surface area contributed by atoms with Crippen LogP contribution in [0.15, 0.2) is 41.1 Å². The van der Waals surface area contributed by atoms with E-state index in [1.165, 1.54) is 29.7 Å². The van der Waals surface area contributed by atoms with Gasteiger partial charge < -0.3 is 10.2 Å². The molecule has 0 spiro atoms. The van der Waals surface area contributed by atoms with Gasteiger partial charge in [-0.1, -0.05) is 26.0 Å². The second-order valence-corrected chi connectivity index (χ2v) is 6.97. The lowest BCUT2D eigenvalue weighted by Gasteiger charge is -2.24. The van der Waals surface area contributed by atoms with E-state index < -0.39 is 0 Å². The van der Waals surface area contributed by atoms with Crippen molar-refractivity contribution in [2.75, 3.05) is 4.90 Å². The van der Waals surface area contributed by atoms with Crippen LogP contribution in [0.5, 0.6) is 0 Å². The molecular formula is C18H24N2S. The summed E-state index contributed by atoms with van der Waals surface area (Å²) in [6, 6.07) is 12.6. The number of nitrogens with zero attached hydrogens (tertiary/aromatic N) is 1. The number of benzene rings is 1. The maximum atomic E-state index is 3.47. The van der Waals surface area contributed by atoms with Gasteiger partial charge in [0.25, 0.3) is 0 Å². The van der Waals surface area contributed by atoms with Crippen molar-refractivity contribution in [3.05, 3.63) is 52.2 Å². The van der Waals surface area contributed by atoms with E-state index in [4.69, 9.17) is 0 Å². The average molecular weight is 300 g/mol. The number of nitrogens with one attached hydrogen (secondary N) is 1. The topological polar surface area (TPSA) is 15.3 Å². The van der Waals surface area contributed by atoms with Crippen molar-refractivity contribution in [3.63, 3.8) is 0 Å². The highest BCUT2D eigenvalue weighted by Gasteiger charge is 2.29. The van der Waals surface area contributed by atoms with Crippen molar-refractivity contribution in [2.45, 2.75) is 51.9 Å². The Morgan fingerprint density at radius 3 is 2.48 bits per heavy atom. The van der Waals surface area contributed by atoms with Crippen molar-refractivity contribution in [3.8, 4) is 0 Å². The molecule has 2 aromatic rings. The molecule has 0 aliphatic heterocycles. The van der Waals surface area contributed by atoms with Crippen molar-refractivity contribution in [1.29, 1.82) is 0 Å². The van der Waals surface area contributed by atoms with E-state index in [-0.39, 0.29) is 0 Å². The summed E-state index contributed by atoms with van der Waals surface area (Å²) in [7, 11) is 0. The van der Waals surface area contributed by atoms with Gasteiger partial charge in [0.05, 0.1) is 0 Å². The largest absolute Gasteiger partial charge is 0.364 e. The highest BCUT2D eigenvalue weighted by molar-refractivity contribution is 7.07. The maximum Gasteiger partial charge on any atom is 0.0440 e. The Morgan fingerprint density at radius 2 is 1.90 bits per heavy atom. The Labute approximate surface area is 131 Å². The van der Waals surface area contributed by atoms with Crippen LogP contribution in [0.1, 0.15) is 37.8 Å². The molecule has 0 amide bonds. The average Bonchev–Trinajstić information content (AvgIpc) is 3.20. The van der Waals surface area contributed by atoms with Gasteiger partial charge in [-0.2, -0.15) is 11.3 Å². The summed E-state index contributed by atoms with van der Waals surface area (Å²) in [6.45, 7) is 6.36. The van der Waals surface area contributed by atoms with Crippen LogP contribution >= 0.6 is 11.3 Å². The van der Waals surface area contributed by atoms with Gasteiger partial charge in [0.15, 0.2) is 0 Å². The van der Waals surface area contributed by atoms with Crippen molar-refractivity contribution in [1.82, 2.24) is 5.32 Å². The molecule has 2 nitrogen and oxygen atoms in total. The van der Waals surface area contributed by atoms with E-state index in [9.17, 15) is 0 Å². The molecule has 1 aromatic carbocycles. The number of hydrogen-bond acceptors (Lipinski definition) is 3. The molecule has 1 aromatic heterocycles. The van der Waals surface area contributed by atoms with Gasteiger partial charge in [0.1, 0.15) is 0 Å². The fraction of sp³-hybridized carbons (Fsp3) is 0.444.